The Morgan fingerprint density at radius 2 is 1.82 bits per heavy atom. The number of nitro groups is 1. The highest BCUT2D eigenvalue weighted by Crippen LogP contribution is 2.62. The van der Waals surface area contributed by atoms with Gasteiger partial charge < -0.3 is 34.0 Å². The maximum atomic E-state index is 13.8. The number of methoxy groups -OCH3 is 1. The quantitative estimate of drug-likeness (QED) is 0.0308. The Kier molecular flexibility index (Phi) is 16.7. The number of hydrogen-bond acceptors (Lipinski definition) is 12. The number of allylic oxidation sites excluding steroid dienone is 1. The summed E-state index contributed by atoms with van der Waals surface area (Å²) in [6.45, 7) is 7.22. The van der Waals surface area contributed by atoms with Crippen LogP contribution in [0.2, 0.25) is 0 Å². The molecule has 6 unspecified atom stereocenters. The maximum Gasteiger partial charge on any atom is 0.409 e. The van der Waals surface area contributed by atoms with E-state index in [1.54, 1.807) is 34.9 Å². The lowest BCUT2D eigenvalue weighted by Gasteiger charge is -2.59. The Morgan fingerprint density at radius 1 is 1.07 bits per heavy atom. The molecular weight excluding hydrogens is 799 g/mol. The highest BCUT2D eigenvalue weighted by Gasteiger charge is 2.65. The van der Waals surface area contributed by atoms with Crippen molar-refractivity contribution < 1.29 is 43.7 Å². The SMILES string of the molecule is C=CCOC12Oc3ccc(OCCSc4ccccc4)cc3C3C(CCCCO)C(CCCCO)C=C(C(=NOCc4ccc([N+](=O)[O-])cc4)CC1N(CCC)C(=O)OC)C32. The van der Waals surface area contributed by atoms with Crippen LogP contribution >= 0.6 is 11.8 Å². The second-order valence-corrected chi connectivity index (χ2v) is 16.8. The standard InChI is InChI=1S/C47H59N3O10S/c1-4-23-49(46(53)56-3)43-31-41(48-59-32-33-17-19-35(20-18-33)50(54)55)39-29-34(13-9-11-24-51)38(16-10-12-25-52)44-40-30-36(57-27-28-61-37-14-7-6-8-15-37)21-22-42(40)60-47(43,45(39)44)58-26-5-2/h5-8,14-15,17-22,29-30,34,38,43-45,51-52H,2,4,9-13,16,23-28,31-32H2,1,3H3. The van der Waals surface area contributed by atoms with E-state index >= 15 is 0 Å². The number of nitro benzene ring substituents is 1. The normalized spacial score (nSPS) is 23.2. The molecule has 1 heterocycles. The fourth-order valence-electron chi connectivity index (χ4n) is 9.21. The molecule has 0 saturated heterocycles. The van der Waals surface area contributed by atoms with E-state index in [0.717, 1.165) is 42.6 Å². The topological polar surface area (TPSA) is 162 Å². The summed E-state index contributed by atoms with van der Waals surface area (Å²) in [6, 6.07) is 21.6. The monoisotopic (exact) mass is 857 g/mol. The zero-order valence-electron chi connectivity index (χ0n) is 35.2. The summed E-state index contributed by atoms with van der Waals surface area (Å²) in [6.07, 6.45) is 8.83. The molecule has 328 valence electrons. The largest absolute Gasteiger partial charge is 0.493 e. The van der Waals surface area contributed by atoms with Crippen molar-refractivity contribution in [2.45, 2.75) is 87.5 Å². The average Bonchev–Trinajstić information content (AvgIpc) is 3.28. The van der Waals surface area contributed by atoms with Gasteiger partial charge in [-0.15, -0.1) is 18.3 Å². The highest BCUT2D eigenvalue weighted by atomic mass is 32.2. The summed E-state index contributed by atoms with van der Waals surface area (Å²) >= 11 is 1.73. The number of nitrogens with zero attached hydrogens (tertiary/aromatic N) is 3. The van der Waals surface area contributed by atoms with Gasteiger partial charge in [0.25, 0.3) is 5.69 Å². The summed E-state index contributed by atoms with van der Waals surface area (Å²) in [5, 5.41) is 35.9. The summed E-state index contributed by atoms with van der Waals surface area (Å²) in [4.78, 5) is 33.7. The summed E-state index contributed by atoms with van der Waals surface area (Å²) in [5.41, 5.74) is 3.20. The third kappa shape index (κ3) is 10.8. The van der Waals surface area contributed by atoms with Gasteiger partial charge in [0.15, 0.2) is 0 Å². The van der Waals surface area contributed by atoms with E-state index in [1.165, 1.54) is 24.1 Å². The number of amides is 1. The number of oxime groups is 1. The Hall–Kier alpha value is -4.89. The minimum Gasteiger partial charge on any atom is -0.493 e. The molecule has 1 saturated carbocycles. The number of carbonyl (C=O) groups excluding carboxylic acids is 1. The fourth-order valence-corrected chi connectivity index (χ4v) is 9.96. The molecule has 0 spiro atoms. The molecule has 61 heavy (non-hydrogen) atoms. The van der Waals surface area contributed by atoms with Crippen LogP contribution in [0.25, 0.3) is 0 Å². The molecule has 3 aromatic carbocycles. The molecule has 2 aliphatic carbocycles. The van der Waals surface area contributed by atoms with Crippen molar-refractivity contribution in [1.29, 1.82) is 0 Å². The molecule has 1 amide bonds. The Morgan fingerprint density at radius 3 is 2.51 bits per heavy atom. The van der Waals surface area contributed by atoms with E-state index in [-0.39, 0.29) is 56.3 Å². The molecule has 1 fully saturated rings. The molecule has 13 nitrogen and oxygen atoms in total. The lowest BCUT2D eigenvalue weighted by molar-refractivity contribution is -0.384. The van der Waals surface area contributed by atoms with Gasteiger partial charge in [0.05, 0.1) is 36.9 Å². The van der Waals surface area contributed by atoms with Gasteiger partial charge in [-0.1, -0.05) is 55.3 Å². The summed E-state index contributed by atoms with van der Waals surface area (Å²) in [7, 11) is 1.37. The zero-order chi connectivity index (χ0) is 43.2. The van der Waals surface area contributed by atoms with Gasteiger partial charge in [-0.2, -0.15) is 0 Å². The number of benzene rings is 3. The first-order valence-corrected chi connectivity index (χ1v) is 22.4. The number of rotatable bonds is 23. The van der Waals surface area contributed by atoms with Crippen molar-refractivity contribution in [3.8, 4) is 11.5 Å². The molecule has 6 atom stereocenters. The van der Waals surface area contributed by atoms with E-state index in [4.69, 9.17) is 28.9 Å². The summed E-state index contributed by atoms with van der Waals surface area (Å²) in [5.74, 6) is 0.120. The number of aliphatic hydroxyl groups excluding tert-OH is 2. The van der Waals surface area contributed by atoms with Crippen molar-refractivity contribution >= 4 is 29.3 Å². The molecular formula is C47H59N3O10S. The second-order valence-electron chi connectivity index (χ2n) is 15.6. The van der Waals surface area contributed by atoms with Crippen molar-refractivity contribution in [3.63, 3.8) is 0 Å². The molecule has 14 heteroatoms. The minimum absolute atomic E-state index is 0.0173. The molecule has 6 rings (SSSR count). The molecule has 0 radical (unpaired) electrons. The van der Waals surface area contributed by atoms with E-state index in [2.05, 4.69) is 30.9 Å². The van der Waals surface area contributed by atoms with E-state index in [9.17, 15) is 25.1 Å². The molecule has 0 bridgehead atoms. The Bertz CT molecular complexity index is 1980. The minimum atomic E-state index is -1.40. The number of aliphatic hydroxyl groups is 2. The molecule has 3 aliphatic rings. The van der Waals surface area contributed by atoms with Gasteiger partial charge in [-0.25, -0.2) is 4.79 Å². The fraction of sp³-hybridized carbons (Fsp3) is 0.489. The number of hydrogen-bond donors (Lipinski definition) is 2. The maximum absolute atomic E-state index is 13.8. The molecule has 3 aromatic rings. The van der Waals surface area contributed by atoms with Crippen molar-refractivity contribution in [2.24, 2.45) is 22.9 Å². The smallest absolute Gasteiger partial charge is 0.409 e. The van der Waals surface area contributed by atoms with E-state index in [0.29, 0.717) is 55.2 Å². The van der Waals surface area contributed by atoms with Gasteiger partial charge >= 0.3 is 6.09 Å². The number of fused-ring (bicyclic) bond motifs is 2. The first-order valence-electron chi connectivity index (χ1n) is 21.4. The predicted octanol–water partition coefficient (Wildman–Crippen LogP) is 9.08. The van der Waals surface area contributed by atoms with Crippen molar-refractivity contribution in [3.05, 3.63) is 118 Å². The van der Waals surface area contributed by atoms with Crippen LogP contribution in [0.3, 0.4) is 0 Å². The van der Waals surface area contributed by atoms with Crippen LogP contribution in [0.1, 0.15) is 75.3 Å². The van der Waals surface area contributed by atoms with Crippen LogP contribution in [-0.2, 0) is 20.9 Å². The Labute approximate surface area is 362 Å². The molecule has 0 aromatic heterocycles. The number of thioether (sulfide) groups is 1. The van der Waals surface area contributed by atoms with Crippen LogP contribution < -0.4 is 9.47 Å². The van der Waals surface area contributed by atoms with E-state index < -0.39 is 28.8 Å². The lowest BCUT2D eigenvalue weighted by atomic mass is 9.55. The average molecular weight is 858 g/mol. The van der Waals surface area contributed by atoms with Crippen LogP contribution in [0.5, 0.6) is 11.5 Å². The predicted molar refractivity (Wildman–Crippen MR) is 235 cm³/mol. The van der Waals surface area contributed by atoms with Crippen molar-refractivity contribution in [1.82, 2.24) is 4.90 Å². The van der Waals surface area contributed by atoms with Gasteiger partial charge in [-0.3, -0.25) is 15.0 Å². The van der Waals surface area contributed by atoms with Crippen LogP contribution in [-0.4, -0.2) is 89.5 Å². The van der Waals surface area contributed by atoms with E-state index in [1.807, 2.05) is 37.3 Å². The number of non-ortho nitro benzene ring substituents is 1. The van der Waals surface area contributed by atoms with Gasteiger partial charge in [0.1, 0.15) is 24.1 Å². The van der Waals surface area contributed by atoms with Gasteiger partial charge in [0.2, 0.25) is 5.79 Å². The van der Waals surface area contributed by atoms with Crippen LogP contribution in [0.15, 0.2) is 107 Å². The zero-order valence-corrected chi connectivity index (χ0v) is 36.0. The number of carbonyl (C=O) groups is 1. The van der Waals surface area contributed by atoms with Crippen LogP contribution in [0, 0.1) is 27.9 Å². The third-order valence-corrected chi connectivity index (χ3v) is 12.8. The van der Waals surface area contributed by atoms with Crippen LogP contribution in [0.4, 0.5) is 10.5 Å². The molecule has 2 N–H and O–H groups in total. The van der Waals surface area contributed by atoms with Crippen molar-refractivity contribution in [2.75, 3.05) is 45.8 Å². The second kappa shape index (κ2) is 22.3. The first-order chi connectivity index (χ1) is 29.8. The first kappa shape index (κ1) is 45.6. The highest BCUT2D eigenvalue weighted by molar-refractivity contribution is 7.99. The lowest BCUT2D eigenvalue weighted by Crippen LogP contribution is -2.70. The number of unbranched alkanes of at least 4 members (excludes halogenated alkanes) is 2. The Balaban J connectivity index is 1.49. The third-order valence-electron chi connectivity index (χ3n) is 11.8. The van der Waals surface area contributed by atoms with Gasteiger partial charge in [0, 0.05) is 60.4 Å². The molecule has 1 aliphatic heterocycles. The van der Waals surface area contributed by atoms with Gasteiger partial charge in [-0.05, 0) is 97.5 Å². The number of ether oxygens (including phenoxy) is 4. The summed E-state index contributed by atoms with van der Waals surface area (Å²) < 4.78 is 26.1.